The van der Waals surface area contributed by atoms with Gasteiger partial charge in [0.15, 0.2) is 0 Å². The molecule has 0 aliphatic heterocycles. The summed E-state index contributed by atoms with van der Waals surface area (Å²) in [5, 5.41) is 19.7. The molecule has 0 saturated carbocycles. The topological polar surface area (TPSA) is 102 Å². The fraction of sp³-hybridized carbons (Fsp3) is 0.0345. The number of benzene rings is 3. The maximum Gasteiger partial charge on any atom is 0.255 e. The first kappa shape index (κ1) is 23.7. The second-order valence-corrected chi connectivity index (χ2v) is 7.79. The van der Waals surface area contributed by atoms with Crippen molar-refractivity contribution in [2.75, 3.05) is 16.0 Å². The van der Waals surface area contributed by atoms with Gasteiger partial charge in [-0.2, -0.15) is 5.26 Å². The number of hydrogen-bond donors (Lipinski definition) is 3. The van der Waals surface area contributed by atoms with Gasteiger partial charge in [0.1, 0.15) is 0 Å². The summed E-state index contributed by atoms with van der Waals surface area (Å²) in [7, 11) is 0. The number of carbonyl (C=O) groups is 1. The Labute approximate surface area is 209 Å². The van der Waals surface area contributed by atoms with Crippen LogP contribution in [0, 0.1) is 23.8 Å². The van der Waals surface area contributed by atoms with E-state index < -0.39 is 0 Å². The van der Waals surface area contributed by atoms with Crippen LogP contribution in [-0.4, -0.2) is 17.1 Å². The third kappa shape index (κ3) is 5.74. The molecule has 36 heavy (non-hydrogen) atoms. The number of pyridine rings is 1. The van der Waals surface area contributed by atoms with Gasteiger partial charge < -0.3 is 16.0 Å². The summed E-state index contributed by atoms with van der Waals surface area (Å²) < 4.78 is 0. The molecule has 7 nitrogen and oxygen atoms in total. The summed E-state index contributed by atoms with van der Waals surface area (Å²) in [4.78, 5) is 20.8. The van der Waals surface area contributed by atoms with Crippen molar-refractivity contribution < 1.29 is 4.79 Å². The fourth-order valence-corrected chi connectivity index (χ4v) is 3.57. The SMILES string of the molecule is C#CN=C/C=C(\C)Nc1ccc(NC(=O)c2ccc(Nc3ccnc4cccc(C#N)c34)cc2)cc1. The van der Waals surface area contributed by atoms with Gasteiger partial charge in [0.25, 0.3) is 5.91 Å². The van der Waals surface area contributed by atoms with Crippen molar-refractivity contribution >= 4 is 45.8 Å². The minimum atomic E-state index is -0.218. The van der Waals surface area contributed by atoms with Crippen LogP contribution in [0.1, 0.15) is 22.8 Å². The summed E-state index contributed by atoms with van der Waals surface area (Å²) in [6, 6.07) is 26.2. The Kier molecular flexibility index (Phi) is 7.35. The number of aliphatic imine (C=N–C) groups is 1. The molecule has 1 amide bonds. The van der Waals surface area contributed by atoms with Crippen LogP contribution in [0.25, 0.3) is 10.9 Å². The van der Waals surface area contributed by atoms with Crippen LogP contribution < -0.4 is 16.0 Å². The summed E-state index contributed by atoms with van der Waals surface area (Å²) in [5.74, 6) is -0.218. The van der Waals surface area contributed by atoms with E-state index in [1.807, 2.05) is 61.5 Å². The Hall–Kier alpha value is -5.40. The first-order valence-electron chi connectivity index (χ1n) is 11.1. The molecule has 0 saturated heterocycles. The van der Waals surface area contributed by atoms with Gasteiger partial charge in [-0.25, -0.2) is 4.99 Å². The van der Waals surface area contributed by atoms with Crippen LogP contribution in [0.3, 0.4) is 0 Å². The first-order chi connectivity index (χ1) is 17.6. The van der Waals surface area contributed by atoms with E-state index in [1.165, 1.54) is 0 Å². The second-order valence-electron chi connectivity index (χ2n) is 7.79. The number of nitriles is 1. The van der Waals surface area contributed by atoms with Crippen molar-refractivity contribution in [2.24, 2.45) is 4.99 Å². The van der Waals surface area contributed by atoms with Gasteiger partial charge in [-0.15, -0.1) is 0 Å². The van der Waals surface area contributed by atoms with Crippen LogP contribution in [0.4, 0.5) is 22.7 Å². The molecule has 3 N–H and O–H groups in total. The lowest BCUT2D eigenvalue weighted by Gasteiger charge is -2.11. The highest BCUT2D eigenvalue weighted by molar-refractivity contribution is 6.04. The predicted octanol–water partition coefficient (Wildman–Crippen LogP) is 6.08. The molecule has 0 aliphatic carbocycles. The molecule has 0 bridgehead atoms. The molecule has 0 spiro atoms. The highest BCUT2D eigenvalue weighted by Gasteiger charge is 2.09. The van der Waals surface area contributed by atoms with Gasteiger partial charge in [-0.1, -0.05) is 12.5 Å². The molecule has 4 rings (SSSR count). The monoisotopic (exact) mass is 470 g/mol. The lowest BCUT2D eigenvalue weighted by Crippen LogP contribution is -2.11. The lowest BCUT2D eigenvalue weighted by atomic mass is 10.1. The molecule has 0 radical (unpaired) electrons. The largest absolute Gasteiger partial charge is 0.359 e. The molecule has 174 valence electrons. The molecular weight excluding hydrogens is 448 g/mol. The van der Waals surface area contributed by atoms with Crippen molar-refractivity contribution in [2.45, 2.75) is 6.92 Å². The number of nitrogens with zero attached hydrogens (tertiary/aromatic N) is 3. The number of amides is 1. The smallest absolute Gasteiger partial charge is 0.255 e. The highest BCUT2D eigenvalue weighted by atomic mass is 16.1. The number of hydrogen-bond acceptors (Lipinski definition) is 6. The Morgan fingerprint density at radius 1 is 0.972 bits per heavy atom. The molecule has 0 fully saturated rings. The molecule has 1 heterocycles. The van der Waals surface area contributed by atoms with E-state index in [0.29, 0.717) is 16.8 Å². The molecule has 3 aromatic carbocycles. The number of aromatic nitrogens is 1. The predicted molar refractivity (Wildman–Crippen MR) is 145 cm³/mol. The standard InChI is InChI=1S/C29H22N6O/c1-3-31-17-15-20(2)33-23-11-13-25(14-12-23)35-29(36)21-7-9-24(10-8-21)34-27-16-18-32-26-6-4-5-22(19-30)28(26)27/h1,4-18,33H,2H3,(H,32,34)(H,35,36)/b20-15+,31-17?. The van der Waals surface area contributed by atoms with Crippen molar-refractivity contribution in [1.29, 1.82) is 5.26 Å². The van der Waals surface area contributed by atoms with Crippen molar-refractivity contribution in [1.82, 2.24) is 4.98 Å². The molecule has 4 aromatic rings. The van der Waals surface area contributed by atoms with Crippen LogP contribution >= 0.6 is 0 Å². The number of allylic oxidation sites excluding steroid dienone is 2. The molecule has 7 heteroatoms. The third-order valence-corrected chi connectivity index (χ3v) is 5.27. The van der Waals surface area contributed by atoms with Gasteiger partial charge in [0, 0.05) is 52.2 Å². The zero-order valence-corrected chi connectivity index (χ0v) is 19.5. The summed E-state index contributed by atoms with van der Waals surface area (Å²) in [6.45, 7) is 1.90. The van der Waals surface area contributed by atoms with E-state index in [-0.39, 0.29) is 5.91 Å². The fourth-order valence-electron chi connectivity index (χ4n) is 3.57. The lowest BCUT2D eigenvalue weighted by molar-refractivity contribution is 0.102. The second kappa shape index (κ2) is 11.1. The van der Waals surface area contributed by atoms with E-state index in [9.17, 15) is 10.1 Å². The molecular formula is C29H22N6O. The normalized spacial score (nSPS) is 11.0. The van der Waals surface area contributed by atoms with E-state index in [0.717, 1.165) is 33.7 Å². The minimum absolute atomic E-state index is 0.218. The van der Waals surface area contributed by atoms with Gasteiger partial charge >= 0.3 is 0 Å². The Bertz CT molecular complexity index is 1530. The average Bonchev–Trinajstić information content (AvgIpc) is 2.90. The number of fused-ring (bicyclic) bond motifs is 1. The Morgan fingerprint density at radius 2 is 1.67 bits per heavy atom. The van der Waals surface area contributed by atoms with E-state index >= 15 is 0 Å². The maximum atomic E-state index is 12.7. The van der Waals surface area contributed by atoms with Gasteiger partial charge in [0.05, 0.1) is 22.8 Å². The molecule has 1 aromatic heterocycles. The maximum absolute atomic E-state index is 12.7. The Balaban J connectivity index is 1.41. The van der Waals surface area contributed by atoms with Crippen LogP contribution in [0.5, 0.6) is 0 Å². The first-order valence-corrected chi connectivity index (χ1v) is 11.1. The zero-order chi connectivity index (χ0) is 25.3. The number of terminal acetylenes is 1. The number of rotatable bonds is 7. The Morgan fingerprint density at radius 3 is 2.36 bits per heavy atom. The number of nitrogens with one attached hydrogen (secondary N) is 3. The molecule has 0 aliphatic rings. The zero-order valence-electron chi connectivity index (χ0n) is 19.5. The van der Waals surface area contributed by atoms with Gasteiger partial charge in [0.2, 0.25) is 0 Å². The third-order valence-electron chi connectivity index (χ3n) is 5.27. The van der Waals surface area contributed by atoms with E-state index in [2.05, 4.69) is 38.0 Å². The molecule has 0 unspecified atom stereocenters. The molecule has 0 atom stereocenters. The van der Waals surface area contributed by atoms with E-state index in [4.69, 9.17) is 6.42 Å². The summed E-state index contributed by atoms with van der Waals surface area (Å²) in [5.41, 5.74) is 5.79. The van der Waals surface area contributed by atoms with Crippen molar-refractivity contribution in [3.8, 4) is 18.5 Å². The number of carbonyl (C=O) groups excluding carboxylic acids is 1. The number of anilines is 4. The van der Waals surface area contributed by atoms with E-state index in [1.54, 1.807) is 36.7 Å². The van der Waals surface area contributed by atoms with Gasteiger partial charge in [-0.3, -0.25) is 9.78 Å². The minimum Gasteiger partial charge on any atom is -0.359 e. The summed E-state index contributed by atoms with van der Waals surface area (Å²) >= 11 is 0. The van der Waals surface area contributed by atoms with Crippen LogP contribution in [0.2, 0.25) is 0 Å². The van der Waals surface area contributed by atoms with Gasteiger partial charge in [-0.05, 0) is 79.7 Å². The summed E-state index contributed by atoms with van der Waals surface area (Å²) in [6.07, 6.45) is 10.1. The average molecular weight is 471 g/mol. The van der Waals surface area contributed by atoms with Crippen molar-refractivity contribution in [3.05, 3.63) is 102 Å². The quantitative estimate of drug-likeness (QED) is 0.224. The van der Waals surface area contributed by atoms with Crippen LogP contribution in [0.15, 0.2) is 95.8 Å². The highest BCUT2D eigenvalue weighted by Crippen LogP contribution is 2.28. The van der Waals surface area contributed by atoms with Crippen molar-refractivity contribution in [3.63, 3.8) is 0 Å². The van der Waals surface area contributed by atoms with Crippen LogP contribution in [-0.2, 0) is 0 Å².